The van der Waals surface area contributed by atoms with E-state index in [1.807, 2.05) is 13.8 Å². The first-order valence-electron chi connectivity index (χ1n) is 7.97. The Morgan fingerprint density at radius 2 is 1.67 bits per heavy atom. The second-order valence-corrected chi connectivity index (χ2v) is 7.25. The van der Waals surface area contributed by atoms with Gasteiger partial charge in [-0.1, -0.05) is 48.5 Å². The van der Waals surface area contributed by atoms with Crippen LogP contribution in [0.25, 0.3) is 0 Å². The molecule has 0 heterocycles. The molecule has 0 amide bonds. The van der Waals surface area contributed by atoms with E-state index in [4.69, 9.17) is 0 Å². The van der Waals surface area contributed by atoms with Crippen molar-refractivity contribution in [3.8, 4) is 0 Å². The average molecular weight is 256 g/mol. The molecule has 0 radical (unpaired) electrons. The largest absolute Gasteiger partial charge is 0.393 e. The van der Waals surface area contributed by atoms with E-state index >= 15 is 0 Å². The topological polar surface area (TPSA) is 20.2 Å². The van der Waals surface area contributed by atoms with Gasteiger partial charge in [-0.3, -0.25) is 0 Å². The maximum absolute atomic E-state index is 9.99. The Bertz CT molecular complexity index is 202. The van der Waals surface area contributed by atoms with Crippen molar-refractivity contribution < 1.29 is 5.11 Å². The van der Waals surface area contributed by atoms with Gasteiger partial charge in [0.05, 0.1) is 6.10 Å². The van der Waals surface area contributed by atoms with Gasteiger partial charge in [0.1, 0.15) is 0 Å². The smallest absolute Gasteiger partial charge is 0.0571 e. The van der Waals surface area contributed by atoms with Crippen molar-refractivity contribution in [1.82, 2.24) is 0 Å². The highest BCUT2D eigenvalue weighted by Gasteiger charge is 2.31. The Morgan fingerprint density at radius 1 is 1.11 bits per heavy atom. The minimum absolute atomic E-state index is 0.0362. The van der Waals surface area contributed by atoms with Crippen LogP contribution in [0.1, 0.15) is 80.6 Å². The van der Waals surface area contributed by atoms with Crippen LogP contribution in [0.15, 0.2) is 0 Å². The van der Waals surface area contributed by atoms with Crippen molar-refractivity contribution in [2.45, 2.75) is 86.7 Å². The third-order valence-corrected chi connectivity index (χ3v) is 4.13. The van der Waals surface area contributed by atoms with E-state index in [0.29, 0.717) is 17.3 Å². The van der Waals surface area contributed by atoms with Crippen LogP contribution in [-0.4, -0.2) is 11.2 Å². The molecule has 0 aromatic rings. The van der Waals surface area contributed by atoms with Gasteiger partial charge in [0, 0.05) is 0 Å². The predicted molar refractivity (Wildman–Crippen MR) is 81.7 cm³/mol. The molecule has 0 aromatic heterocycles. The summed E-state index contributed by atoms with van der Waals surface area (Å²) in [6.07, 6.45) is 6.14. The summed E-state index contributed by atoms with van der Waals surface area (Å²) in [7, 11) is 0. The van der Waals surface area contributed by atoms with Gasteiger partial charge in [0.25, 0.3) is 0 Å². The van der Waals surface area contributed by atoms with Gasteiger partial charge in [-0.25, -0.2) is 0 Å². The summed E-state index contributed by atoms with van der Waals surface area (Å²) in [5, 5.41) is 9.99. The molecule has 3 unspecified atom stereocenters. The lowest BCUT2D eigenvalue weighted by Crippen LogP contribution is -2.32. The van der Waals surface area contributed by atoms with Crippen LogP contribution in [0.5, 0.6) is 0 Å². The Hall–Kier alpha value is -0.0400. The molecule has 0 bridgehead atoms. The fraction of sp³-hybridized carbons (Fsp3) is 1.00. The fourth-order valence-corrected chi connectivity index (χ4v) is 2.90. The molecule has 1 N–H and O–H groups in total. The summed E-state index contributed by atoms with van der Waals surface area (Å²) in [5.74, 6) is 2.03. The van der Waals surface area contributed by atoms with Crippen molar-refractivity contribution in [2.75, 3.05) is 0 Å². The second-order valence-electron chi connectivity index (χ2n) is 7.25. The highest BCUT2D eigenvalue weighted by Crippen LogP contribution is 2.37. The van der Waals surface area contributed by atoms with Crippen LogP contribution in [0.3, 0.4) is 0 Å². The van der Waals surface area contributed by atoms with Gasteiger partial charge in [-0.05, 0) is 55.3 Å². The predicted octanol–water partition coefficient (Wildman–Crippen LogP) is 5.27. The number of hydrogen-bond donors (Lipinski definition) is 1. The molecule has 1 aliphatic rings. The molecule has 0 aromatic carbocycles. The Labute approximate surface area is 115 Å². The van der Waals surface area contributed by atoms with Crippen LogP contribution in [0.2, 0.25) is 0 Å². The summed E-state index contributed by atoms with van der Waals surface area (Å²) in [6, 6.07) is 0. The van der Waals surface area contributed by atoms with Crippen LogP contribution in [0, 0.1) is 23.2 Å². The van der Waals surface area contributed by atoms with Crippen LogP contribution >= 0.6 is 0 Å². The molecule has 1 rings (SSSR count). The zero-order valence-electron chi connectivity index (χ0n) is 13.8. The van der Waals surface area contributed by atoms with E-state index in [-0.39, 0.29) is 6.10 Å². The lowest BCUT2D eigenvalue weighted by Gasteiger charge is -2.36. The monoisotopic (exact) mass is 256 g/mol. The maximum Gasteiger partial charge on any atom is 0.0571 e. The van der Waals surface area contributed by atoms with Crippen molar-refractivity contribution >= 4 is 0 Å². The van der Waals surface area contributed by atoms with E-state index in [1.54, 1.807) is 0 Å². The highest BCUT2D eigenvalue weighted by atomic mass is 16.3. The maximum atomic E-state index is 9.99. The van der Waals surface area contributed by atoms with Crippen molar-refractivity contribution in [2.24, 2.45) is 23.2 Å². The molecule has 0 saturated heterocycles. The SMILES string of the molecule is CC.CC(C)C1CC(CCC(C)(C)C)CCC1O. The lowest BCUT2D eigenvalue weighted by atomic mass is 9.72. The summed E-state index contributed by atoms with van der Waals surface area (Å²) in [4.78, 5) is 0. The minimum atomic E-state index is -0.0362. The van der Waals surface area contributed by atoms with E-state index in [9.17, 15) is 5.11 Å². The van der Waals surface area contributed by atoms with Gasteiger partial charge < -0.3 is 5.11 Å². The molecule has 0 aliphatic heterocycles. The Balaban J connectivity index is 0.00000137. The average Bonchev–Trinajstić information content (AvgIpc) is 2.29. The van der Waals surface area contributed by atoms with E-state index in [1.165, 1.54) is 25.7 Å². The Morgan fingerprint density at radius 3 is 2.11 bits per heavy atom. The van der Waals surface area contributed by atoms with Gasteiger partial charge in [-0.2, -0.15) is 0 Å². The van der Waals surface area contributed by atoms with Crippen molar-refractivity contribution in [1.29, 1.82) is 0 Å². The molecule has 0 spiro atoms. The molecule has 110 valence electrons. The molecular weight excluding hydrogens is 220 g/mol. The molecule has 1 fully saturated rings. The quantitative estimate of drug-likeness (QED) is 0.729. The third-order valence-electron chi connectivity index (χ3n) is 4.13. The molecular formula is C17H36O. The standard InChI is InChI=1S/C15H30O.C2H6/c1-11(2)13-10-12(6-7-14(13)16)8-9-15(3,4)5;1-2/h11-14,16H,6-10H2,1-5H3;1-2H3. The van der Waals surface area contributed by atoms with Crippen LogP contribution in [0.4, 0.5) is 0 Å². The van der Waals surface area contributed by atoms with E-state index < -0.39 is 0 Å². The molecule has 18 heavy (non-hydrogen) atoms. The van der Waals surface area contributed by atoms with Crippen molar-refractivity contribution in [3.63, 3.8) is 0 Å². The summed E-state index contributed by atoms with van der Waals surface area (Å²) in [5.41, 5.74) is 0.462. The van der Waals surface area contributed by atoms with Gasteiger partial charge in [0.2, 0.25) is 0 Å². The first kappa shape index (κ1) is 18.0. The molecule has 1 aliphatic carbocycles. The summed E-state index contributed by atoms with van der Waals surface area (Å²) < 4.78 is 0. The third kappa shape index (κ3) is 6.78. The minimum Gasteiger partial charge on any atom is -0.393 e. The normalized spacial score (nSPS) is 28.8. The lowest BCUT2D eigenvalue weighted by molar-refractivity contribution is 0.0212. The number of aliphatic hydroxyl groups excluding tert-OH is 1. The molecule has 1 heteroatoms. The summed E-state index contributed by atoms with van der Waals surface area (Å²) in [6.45, 7) is 15.5. The van der Waals surface area contributed by atoms with Crippen LogP contribution < -0.4 is 0 Å². The van der Waals surface area contributed by atoms with Gasteiger partial charge in [-0.15, -0.1) is 0 Å². The fourth-order valence-electron chi connectivity index (χ4n) is 2.90. The Kier molecular flexibility index (Phi) is 8.18. The van der Waals surface area contributed by atoms with Gasteiger partial charge >= 0.3 is 0 Å². The van der Waals surface area contributed by atoms with E-state index in [2.05, 4.69) is 34.6 Å². The number of rotatable bonds is 3. The molecule has 1 nitrogen and oxygen atoms in total. The summed E-state index contributed by atoms with van der Waals surface area (Å²) >= 11 is 0. The second kappa shape index (κ2) is 8.19. The van der Waals surface area contributed by atoms with E-state index in [0.717, 1.165) is 12.3 Å². The molecule has 3 atom stereocenters. The zero-order valence-corrected chi connectivity index (χ0v) is 13.8. The van der Waals surface area contributed by atoms with Crippen molar-refractivity contribution in [3.05, 3.63) is 0 Å². The van der Waals surface area contributed by atoms with Crippen LogP contribution in [-0.2, 0) is 0 Å². The zero-order chi connectivity index (χ0) is 14.3. The van der Waals surface area contributed by atoms with Gasteiger partial charge in [0.15, 0.2) is 0 Å². The number of hydrogen-bond acceptors (Lipinski definition) is 1. The highest BCUT2D eigenvalue weighted by molar-refractivity contribution is 4.82. The number of aliphatic hydroxyl groups is 1. The first-order chi connectivity index (χ1) is 8.29. The first-order valence-corrected chi connectivity index (χ1v) is 7.97. The molecule has 1 saturated carbocycles.